The van der Waals surface area contributed by atoms with E-state index in [1.165, 1.54) is 0 Å². The molecule has 2 rings (SSSR count). The molecule has 0 aromatic heterocycles. The Morgan fingerprint density at radius 2 is 2.19 bits per heavy atom. The molecule has 0 spiro atoms. The predicted octanol–water partition coefficient (Wildman–Crippen LogP) is 1.93. The summed E-state index contributed by atoms with van der Waals surface area (Å²) in [5, 5.41) is 0.712. The second-order valence-corrected chi connectivity index (χ2v) is 9.19. The summed E-state index contributed by atoms with van der Waals surface area (Å²) in [5.74, 6) is 1.44. The Kier molecular flexibility index (Phi) is 2.64. The van der Waals surface area contributed by atoms with Crippen molar-refractivity contribution in [2.45, 2.75) is 25.9 Å². The molecule has 0 atom stereocenters. The van der Waals surface area contributed by atoms with Crippen LogP contribution in [0.3, 0.4) is 0 Å². The third kappa shape index (κ3) is 1.59. The molecule has 0 amide bonds. The zero-order chi connectivity index (χ0) is 12.0. The van der Waals surface area contributed by atoms with Crippen molar-refractivity contribution in [1.82, 2.24) is 0 Å². The van der Waals surface area contributed by atoms with Crippen LogP contribution in [0.4, 0.5) is 0 Å². The number of hydrogen-bond donors (Lipinski definition) is 1. The zero-order valence-corrected chi connectivity index (χ0v) is 11.1. The van der Waals surface area contributed by atoms with E-state index >= 15 is 0 Å². The molecule has 1 N–H and O–H groups in total. The van der Waals surface area contributed by atoms with Gasteiger partial charge in [0.25, 0.3) is 0 Å². The summed E-state index contributed by atoms with van der Waals surface area (Å²) in [7, 11) is -0.968. The quantitative estimate of drug-likeness (QED) is 0.763. The van der Waals surface area contributed by atoms with Crippen LogP contribution in [-0.2, 0) is 0 Å². The van der Waals surface area contributed by atoms with E-state index in [2.05, 4.69) is 26.8 Å². The normalized spacial score (nSPS) is 19.8. The molecular weight excluding hydrogens is 223 g/mol. The Labute approximate surface area is 96.8 Å². The van der Waals surface area contributed by atoms with E-state index in [-0.39, 0.29) is 5.16 Å². The summed E-state index contributed by atoms with van der Waals surface area (Å²) in [6.45, 7) is 6.15. The second-order valence-electron chi connectivity index (χ2n) is 5.18. The third-order valence-corrected chi connectivity index (χ3v) is 7.47. The van der Waals surface area contributed by atoms with Crippen molar-refractivity contribution in [3.05, 3.63) is 18.2 Å². The van der Waals surface area contributed by atoms with Gasteiger partial charge in [-0.15, -0.1) is 0 Å². The molecule has 1 aromatic carbocycles. The molecule has 16 heavy (non-hydrogen) atoms. The van der Waals surface area contributed by atoms with Crippen LogP contribution in [0, 0.1) is 6.07 Å². The molecule has 0 saturated carbocycles. The van der Waals surface area contributed by atoms with E-state index in [1.807, 2.05) is 6.07 Å². The van der Waals surface area contributed by atoms with Crippen LogP contribution >= 0.6 is 7.49 Å². The minimum atomic E-state index is -2.58. The van der Waals surface area contributed by atoms with Crippen molar-refractivity contribution in [3.63, 3.8) is 0 Å². The van der Waals surface area contributed by atoms with Crippen molar-refractivity contribution in [2.24, 2.45) is 0 Å². The van der Waals surface area contributed by atoms with E-state index in [1.54, 1.807) is 13.2 Å². The second kappa shape index (κ2) is 3.61. The number of fused-ring (bicyclic) bond motifs is 1. The van der Waals surface area contributed by atoms with Gasteiger partial charge in [0.1, 0.15) is 0 Å². The Morgan fingerprint density at radius 3 is 2.75 bits per heavy atom. The van der Waals surface area contributed by atoms with Gasteiger partial charge in [0, 0.05) is 0 Å². The van der Waals surface area contributed by atoms with E-state index in [4.69, 9.17) is 9.47 Å². The third-order valence-electron chi connectivity index (χ3n) is 3.21. The maximum absolute atomic E-state index is 10.8. The number of rotatable bonds is 1. The van der Waals surface area contributed by atoms with Gasteiger partial charge in [-0.3, -0.25) is 0 Å². The molecule has 0 bridgehead atoms. The first-order chi connectivity index (χ1) is 7.38. The van der Waals surface area contributed by atoms with Gasteiger partial charge in [0.05, 0.1) is 0 Å². The number of ether oxygens (including phenoxy) is 2. The van der Waals surface area contributed by atoms with E-state index < -0.39 is 7.49 Å². The van der Waals surface area contributed by atoms with Crippen LogP contribution in [0.2, 0.25) is 0 Å². The van der Waals surface area contributed by atoms with Crippen LogP contribution in [0.1, 0.15) is 20.8 Å². The first-order valence-electron chi connectivity index (χ1n) is 5.34. The van der Waals surface area contributed by atoms with Gasteiger partial charge in [-0.25, -0.2) is 0 Å². The molecular formula is C12H18O3P. The molecule has 0 aliphatic carbocycles. The van der Waals surface area contributed by atoms with E-state index in [9.17, 15) is 4.89 Å². The Morgan fingerprint density at radius 1 is 1.50 bits per heavy atom. The standard InChI is InChI=1S/C12H18O3P/c1-12(2,3)16(13)8-15-10-7-9(14-4)5-6-11(10)16/h5,7,13,16H,8H2,1-4H3. The van der Waals surface area contributed by atoms with E-state index in [0.717, 1.165) is 11.1 Å². The number of methoxy groups -OCH3 is 1. The van der Waals surface area contributed by atoms with Crippen molar-refractivity contribution < 1.29 is 14.4 Å². The fraction of sp³-hybridized carbons (Fsp3) is 0.500. The zero-order valence-electron chi connectivity index (χ0n) is 10.1. The van der Waals surface area contributed by atoms with Gasteiger partial charge in [-0.2, -0.15) is 0 Å². The molecule has 1 aliphatic rings. The SMILES string of the molecule is COc1c[c]c2c(c1)OC[PH]2(O)C(C)(C)C. The summed E-state index contributed by atoms with van der Waals surface area (Å²) < 4.78 is 10.7. The van der Waals surface area contributed by atoms with Crippen LogP contribution in [0.25, 0.3) is 0 Å². The van der Waals surface area contributed by atoms with Gasteiger partial charge < -0.3 is 0 Å². The average molecular weight is 241 g/mol. The number of benzene rings is 1. The van der Waals surface area contributed by atoms with Gasteiger partial charge in [-0.05, 0) is 0 Å². The summed E-state index contributed by atoms with van der Waals surface area (Å²) >= 11 is 0. The van der Waals surface area contributed by atoms with Crippen molar-refractivity contribution >= 4 is 12.8 Å². The van der Waals surface area contributed by atoms with Crippen LogP contribution in [0.5, 0.6) is 11.5 Å². The Balaban J connectivity index is 2.48. The van der Waals surface area contributed by atoms with Crippen LogP contribution < -0.4 is 14.8 Å². The predicted molar refractivity (Wildman–Crippen MR) is 67.2 cm³/mol. The molecule has 0 unspecified atom stereocenters. The first-order valence-corrected chi connectivity index (χ1v) is 7.49. The van der Waals surface area contributed by atoms with Gasteiger partial charge in [0.15, 0.2) is 0 Å². The maximum atomic E-state index is 10.8. The van der Waals surface area contributed by atoms with Crippen molar-refractivity contribution in [2.75, 3.05) is 13.5 Å². The molecule has 1 radical (unpaired) electrons. The topological polar surface area (TPSA) is 38.7 Å². The fourth-order valence-electron chi connectivity index (χ4n) is 1.86. The molecule has 1 heterocycles. The summed E-state index contributed by atoms with van der Waals surface area (Å²) in [5.41, 5.74) is 0. The molecule has 1 aliphatic heterocycles. The summed E-state index contributed by atoms with van der Waals surface area (Å²) in [6, 6.07) is 6.71. The van der Waals surface area contributed by atoms with Crippen LogP contribution in [0.15, 0.2) is 12.1 Å². The Bertz CT molecular complexity index is 411. The monoisotopic (exact) mass is 241 g/mol. The summed E-state index contributed by atoms with van der Waals surface area (Å²) in [4.78, 5) is 10.8. The van der Waals surface area contributed by atoms with E-state index in [0.29, 0.717) is 12.1 Å². The van der Waals surface area contributed by atoms with Gasteiger partial charge in [-0.1, -0.05) is 0 Å². The molecule has 0 fully saturated rings. The summed E-state index contributed by atoms with van der Waals surface area (Å²) in [6.07, 6.45) is 0.412. The van der Waals surface area contributed by atoms with Crippen LogP contribution in [-0.4, -0.2) is 23.5 Å². The van der Waals surface area contributed by atoms with Crippen molar-refractivity contribution in [1.29, 1.82) is 0 Å². The Hall–Kier alpha value is -0.790. The minimum absolute atomic E-state index is 0.149. The molecule has 4 heteroatoms. The van der Waals surface area contributed by atoms with Gasteiger partial charge in [0.2, 0.25) is 0 Å². The molecule has 1 aromatic rings. The molecule has 3 nitrogen and oxygen atoms in total. The molecule has 89 valence electrons. The fourth-order valence-corrected chi connectivity index (χ4v) is 4.41. The average Bonchev–Trinajstić information content (AvgIpc) is 2.56. The first kappa shape index (κ1) is 11.7. The number of hydrogen-bond acceptors (Lipinski definition) is 3. The van der Waals surface area contributed by atoms with Crippen molar-refractivity contribution in [3.8, 4) is 11.5 Å². The molecule has 0 saturated heterocycles. The van der Waals surface area contributed by atoms with Gasteiger partial charge >= 0.3 is 96.2 Å².